The van der Waals surface area contributed by atoms with E-state index in [1.165, 1.54) is 0 Å². The Morgan fingerprint density at radius 3 is 2.50 bits per heavy atom. The van der Waals surface area contributed by atoms with Gasteiger partial charge in [-0.3, -0.25) is 9.59 Å². The molecule has 1 saturated carbocycles. The van der Waals surface area contributed by atoms with Gasteiger partial charge in [0.25, 0.3) is 0 Å². The molecule has 4 heteroatoms. The first-order valence-electron chi connectivity index (χ1n) is 4.95. The summed E-state index contributed by atoms with van der Waals surface area (Å²) in [4.78, 5) is 22.6. The minimum Gasteiger partial charge on any atom is -0.481 e. The number of hydrogen-bond donors (Lipinski definition) is 2. The highest BCUT2D eigenvalue weighted by atomic mass is 32.1. The Morgan fingerprint density at radius 1 is 1.43 bits per heavy atom. The predicted octanol–water partition coefficient (Wildman–Crippen LogP) is 1.62. The van der Waals surface area contributed by atoms with E-state index in [2.05, 4.69) is 12.6 Å². The lowest BCUT2D eigenvalue weighted by Crippen LogP contribution is -2.29. The zero-order valence-corrected chi connectivity index (χ0v) is 9.17. The molecular weight excluding hydrogens is 200 g/mol. The molecule has 80 valence electrons. The number of carbonyl (C=O) groups excluding carboxylic acids is 1. The summed E-state index contributed by atoms with van der Waals surface area (Å²) in [6.45, 7) is 1.81. The minimum absolute atomic E-state index is 0.0740. The first kappa shape index (κ1) is 11.6. The lowest BCUT2D eigenvalue weighted by atomic mass is 9.87. The van der Waals surface area contributed by atoms with E-state index in [0.717, 1.165) is 12.8 Å². The molecule has 3 unspecified atom stereocenters. The standard InChI is InChI=1S/C10H16O3S/c1-6(5-14)9(11)7-3-2-4-8(7)10(12)13/h6-8,14H,2-5H2,1H3,(H,12,13). The van der Waals surface area contributed by atoms with E-state index >= 15 is 0 Å². The molecule has 14 heavy (non-hydrogen) atoms. The van der Waals surface area contributed by atoms with Crippen LogP contribution >= 0.6 is 12.6 Å². The number of rotatable bonds is 4. The molecule has 0 aliphatic heterocycles. The molecule has 0 spiro atoms. The maximum Gasteiger partial charge on any atom is 0.307 e. The first-order valence-corrected chi connectivity index (χ1v) is 5.58. The van der Waals surface area contributed by atoms with Crippen molar-refractivity contribution in [3.63, 3.8) is 0 Å². The molecule has 3 nitrogen and oxygen atoms in total. The van der Waals surface area contributed by atoms with Crippen molar-refractivity contribution in [1.82, 2.24) is 0 Å². The predicted molar refractivity (Wildman–Crippen MR) is 56.5 cm³/mol. The second kappa shape index (κ2) is 4.82. The van der Waals surface area contributed by atoms with Gasteiger partial charge >= 0.3 is 5.97 Å². The summed E-state index contributed by atoms with van der Waals surface area (Å²) in [6.07, 6.45) is 2.23. The number of carboxylic acid groups (broad SMARTS) is 1. The summed E-state index contributed by atoms with van der Waals surface area (Å²) in [6, 6.07) is 0. The van der Waals surface area contributed by atoms with Gasteiger partial charge in [0.15, 0.2) is 0 Å². The maximum absolute atomic E-state index is 11.8. The van der Waals surface area contributed by atoms with E-state index in [9.17, 15) is 9.59 Å². The number of Topliss-reactive ketones (excluding diaryl/α,β-unsaturated/α-hetero) is 1. The van der Waals surface area contributed by atoms with E-state index in [1.54, 1.807) is 0 Å². The summed E-state index contributed by atoms with van der Waals surface area (Å²) in [5.41, 5.74) is 0. The van der Waals surface area contributed by atoms with Crippen LogP contribution in [0.25, 0.3) is 0 Å². The summed E-state index contributed by atoms with van der Waals surface area (Å²) < 4.78 is 0. The molecule has 0 aromatic rings. The summed E-state index contributed by atoms with van der Waals surface area (Å²) >= 11 is 4.06. The van der Waals surface area contributed by atoms with E-state index < -0.39 is 11.9 Å². The second-order valence-corrected chi connectivity index (χ2v) is 4.33. The Bertz CT molecular complexity index is 240. The van der Waals surface area contributed by atoms with Crippen molar-refractivity contribution < 1.29 is 14.7 Å². The topological polar surface area (TPSA) is 54.4 Å². The average molecular weight is 216 g/mol. The lowest BCUT2D eigenvalue weighted by molar-refractivity contribution is -0.146. The van der Waals surface area contributed by atoms with Crippen LogP contribution in [0.15, 0.2) is 0 Å². The number of hydrogen-bond acceptors (Lipinski definition) is 3. The third-order valence-electron chi connectivity index (χ3n) is 2.96. The fraction of sp³-hybridized carbons (Fsp3) is 0.800. The third-order valence-corrected chi connectivity index (χ3v) is 3.51. The smallest absolute Gasteiger partial charge is 0.307 e. The summed E-state index contributed by atoms with van der Waals surface area (Å²) in [5.74, 6) is -1.10. The van der Waals surface area contributed by atoms with E-state index in [-0.39, 0.29) is 17.6 Å². The number of ketones is 1. The summed E-state index contributed by atoms with van der Waals surface area (Å²) in [7, 11) is 0. The fourth-order valence-corrected chi connectivity index (χ4v) is 2.23. The van der Waals surface area contributed by atoms with Crippen LogP contribution in [-0.2, 0) is 9.59 Å². The summed E-state index contributed by atoms with van der Waals surface area (Å²) in [5, 5.41) is 8.92. The van der Waals surface area contributed by atoms with Crippen molar-refractivity contribution in [2.45, 2.75) is 26.2 Å². The lowest BCUT2D eigenvalue weighted by Gasteiger charge is -2.17. The SMILES string of the molecule is CC(CS)C(=O)C1CCCC1C(=O)O. The number of aliphatic carboxylic acids is 1. The van der Waals surface area contributed by atoms with E-state index in [0.29, 0.717) is 12.2 Å². The van der Waals surface area contributed by atoms with Gasteiger partial charge in [-0.25, -0.2) is 0 Å². The highest BCUT2D eigenvalue weighted by Gasteiger charge is 2.38. The van der Waals surface area contributed by atoms with Crippen LogP contribution in [0.1, 0.15) is 26.2 Å². The van der Waals surface area contributed by atoms with E-state index in [1.807, 2.05) is 6.92 Å². The van der Waals surface area contributed by atoms with Crippen LogP contribution in [0.2, 0.25) is 0 Å². The zero-order chi connectivity index (χ0) is 10.7. The van der Waals surface area contributed by atoms with Crippen molar-refractivity contribution in [1.29, 1.82) is 0 Å². The molecule has 0 heterocycles. The molecular formula is C10H16O3S. The van der Waals surface area contributed by atoms with Gasteiger partial charge in [0.1, 0.15) is 5.78 Å². The van der Waals surface area contributed by atoms with Crippen LogP contribution in [0, 0.1) is 17.8 Å². The number of thiol groups is 1. The molecule has 3 atom stereocenters. The molecule has 0 saturated heterocycles. The van der Waals surface area contributed by atoms with Gasteiger partial charge in [0.2, 0.25) is 0 Å². The average Bonchev–Trinajstić information content (AvgIpc) is 2.63. The number of carbonyl (C=O) groups is 2. The molecule has 0 bridgehead atoms. The Kier molecular flexibility index (Phi) is 3.98. The Hall–Kier alpha value is -0.510. The molecule has 0 radical (unpaired) electrons. The van der Waals surface area contributed by atoms with Crippen molar-refractivity contribution in [2.24, 2.45) is 17.8 Å². The fourth-order valence-electron chi connectivity index (χ4n) is 2.05. The molecule has 1 aliphatic carbocycles. The first-order chi connectivity index (χ1) is 6.57. The normalized spacial score (nSPS) is 28.7. The zero-order valence-electron chi connectivity index (χ0n) is 8.27. The monoisotopic (exact) mass is 216 g/mol. The van der Waals surface area contributed by atoms with Gasteiger partial charge in [-0.05, 0) is 18.6 Å². The molecule has 1 rings (SSSR count). The van der Waals surface area contributed by atoms with Crippen LogP contribution in [0.4, 0.5) is 0 Å². The highest BCUT2D eigenvalue weighted by Crippen LogP contribution is 2.34. The largest absolute Gasteiger partial charge is 0.481 e. The minimum atomic E-state index is -0.827. The van der Waals surface area contributed by atoms with Gasteiger partial charge in [-0.2, -0.15) is 12.6 Å². The van der Waals surface area contributed by atoms with Gasteiger partial charge in [0.05, 0.1) is 5.92 Å². The van der Waals surface area contributed by atoms with Crippen molar-refractivity contribution in [3.05, 3.63) is 0 Å². The van der Waals surface area contributed by atoms with Crippen LogP contribution in [-0.4, -0.2) is 22.6 Å². The van der Waals surface area contributed by atoms with Crippen molar-refractivity contribution >= 4 is 24.4 Å². The van der Waals surface area contributed by atoms with Crippen LogP contribution in [0.3, 0.4) is 0 Å². The number of carboxylic acids is 1. The molecule has 1 aliphatic rings. The Balaban J connectivity index is 2.67. The van der Waals surface area contributed by atoms with Crippen molar-refractivity contribution in [2.75, 3.05) is 5.75 Å². The Labute approximate surface area is 89.3 Å². The molecule has 0 amide bonds. The van der Waals surface area contributed by atoms with E-state index in [4.69, 9.17) is 5.11 Å². The second-order valence-electron chi connectivity index (χ2n) is 3.97. The highest BCUT2D eigenvalue weighted by molar-refractivity contribution is 7.80. The van der Waals surface area contributed by atoms with Gasteiger partial charge in [-0.15, -0.1) is 0 Å². The molecule has 1 fully saturated rings. The van der Waals surface area contributed by atoms with Gasteiger partial charge < -0.3 is 5.11 Å². The quantitative estimate of drug-likeness (QED) is 0.702. The van der Waals surface area contributed by atoms with Gasteiger partial charge in [0, 0.05) is 11.8 Å². The Morgan fingerprint density at radius 2 is 2.00 bits per heavy atom. The molecule has 0 aromatic heterocycles. The van der Waals surface area contributed by atoms with Crippen LogP contribution < -0.4 is 0 Å². The molecule has 0 aromatic carbocycles. The van der Waals surface area contributed by atoms with Crippen molar-refractivity contribution in [3.8, 4) is 0 Å². The van der Waals surface area contributed by atoms with Gasteiger partial charge in [-0.1, -0.05) is 13.3 Å². The maximum atomic E-state index is 11.8. The third kappa shape index (κ3) is 2.29. The van der Waals surface area contributed by atoms with Crippen LogP contribution in [0.5, 0.6) is 0 Å². The molecule has 1 N–H and O–H groups in total.